The summed E-state index contributed by atoms with van der Waals surface area (Å²) in [5.41, 5.74) is 9.36. The molecule has 1 aromatic heterocycles. The number of nitrogens with zero attached hydrogens (tertiary/aromatic N) is 3. The van der Waals surface area contributed by atoms with E-state index in [2.05, 4.69) is 20.8 Å². The molecule has 188 valence electrons. The molecular weight excluding hydrogens is 465 g/mol. The number of likely N-dealkylation sites (tertiary alicyclic amines) is 1. The van der Waals surface area contributed by atoms with Gasteiger partial charge in [0.2, 0.25) is 5.91 Å². The third-order valence-electron chi connectivity index (χ3n) is 7.01. The average Bonchev–Trinajstić information content (AvgIpc) is 3.33. The zero-order valence-corrected chi connectivity index (χ0v) is 19.9. The van der Waals surface area contributed by atoms with Crippen LogP contribution in [0.1, 0.15) is 29.5 Å². The second-order valence-electron chi connectivity index (χ2n) is 9.41. The molecule has 2 aliphatic rings. The van der Waals surface area contributed by atoms with Crippen LogP contribution in [-0.2, 0) is 17.8 Å². The van der Waals surface area contributed by atoms with Gasteiger partial charge in [-0.2, -0.15) is 5.10 Å². The van der Waals surface area contributed by atoms with Gasteiger partial charge in [0, 0.05) is 37.5 Å². The number of anilines is 1. The van der Waals surface area contributed by atoms with Crippen molar-refractivity contribution in [1.82, 2.24) is 25.3 Å². The summed E-state index contributed by atoms with van der Waals surface area (Å²) >= 11 is 0. The topological polar surface area (TPSA) is 136 Å². The molecule has 5 N–H and O–H groups in total. The first-order valence-corrected chi connectivity index (χ1v) is 11.9. The van der Waals surface area contributed by atoms with Crippen LogP contribution in [0.5, 0.6) is 0 Å². The Balaban J connectivity index is 1.19. The lowest BCUT2D eigenvalue weighted by Gasteiger charge is -2.40. The number of hydrogen-bond acceptors (Lipinski definition) is 4. The number of hydrogen-bond donors (Lipinski definition) is 4. The molecule has 3 aromatic rings. The molecule has 10 nitrogen and oxygen atoms in total. The van der Waals surface area contributed by atoms with Crippen molar-refractivity contribution in [2.75, 3.05) is 18.4 Å². The van der Waals surface area contributed by atoms with Crippen molar-refractivity contribution < 1.29 is 18.8 Å². The van der Waals surface area contributed by atoms with Crippen LogP contribution in [0.25, 0.3) is 10.9 Å². The number of amides is 5. The molecule has 2 aromatic carbocycles. The highest BCUT2D eigenvalue weighted by molar-refractivity contribution is 5.92. The number of halogens is 1. The van der Waals surface area contributed by atoms with E-state index in [1.165, 1.54) is 6.07 Å². The third kappa shape index (κ3) is 4.56. The zero-order chi connectivity index (χ0) is 25.4. The van der Waals surface area contributed by atoms with Crippen molar-refractivity contribution in [1.29, 1.82) is 0 Å². The fraction of sp³-hybridized carbons (Fsp3) is 0.360. The first-order valence-electron chi connectivity index (χ1n) is 11.9. The van der Waals surface area contributed by atoms with Crippen LogP contribution < -0.4 is 16.4 Å². The number of nitrogens with two attached hydrogens (primary N) is 1. The Hall–Kier alpha value is -4.15. The predicted molar refractivity (Wildman–Crippen MR) is 132 cm³/mol. The lowest BCUT2D eigenvalue weighted by atomic mass is 10.0. The van der Waals surface area contributed by atoms with Crippen molar-refractivity contribution in [2.24, 2.45) is 5.73 Å². The standard InChI is InChI=1S/C25H28FN7O3/c1-14-9-15(10-17-12-28-31-21(14)17)11-20(23(27)34)29-24(35)32-7-5-18(6-8-32)33-13-16-3-2-4-19(26)22(16)30-25(33)36/h2-4,9-10,12,18,20H,5-8,11,13H2,1H3,(H2,27,34)(H,28,31)(H,29,35)(H,30,36). The van der Waals surface area contributed by atoms with Crippen LogP contribution in [-0.4, -0.2) is 63.1 Å². The second-order valence-corrected chi connectivity index (χ2v) is 9.41. The van der Waals surface area contributed by atoms with Crippen molar-refractivity contribution >= 4 is 34.6 Å². The maximum atomic E-state index is 14.0. The molecule has 0 bridgehead atoms. The van der Waals surface area contributed by atoms with Gasteiger partial charge in [0.1, 0.15) is 11.9 Å². The number of aromatic nitrogens is 2. The highest BCUT2D eigenvalue weighted by Crippen LogP contribution is 2.29. The van der Waals surface area contributed by atoms with E-state index >= 15 is 0 Å². The van der Waals surface area contributed by atoms with Crippen LogP contribution in [0, 0.1) is 12.7 Å². The smallest absolute Gasteiger partial charge is 0.322 e. The van der Waals surface area contributed by atoms with Gasteiger partial charge < -0.3 is 26.2 Å². The van der Waals surface area contributed by atoms with Crippen LogP contribution in [0.2, 0.25) is 0 Å². The summed E-state index contributed by atoms with van der Waals surface area (Å²) in [6.07, 6.45) is 3.13. The van der Waals surface area contributed by atoms with E-state index < -0.39 is 17.8 Å². The van der Waals surface area contributed by atoms with Crippen LogP contribution in [0.3, 0.4) is 0 Å². The molecule has 36 heavy (non-hydrogen) atoms. The Morgan fingerprint density at radius 3 is 2.81 bits per heavy atom. The monoisotopic (exact) mass is 493 g/mol. The number of H-pyrrole nitrogens is 1. The maximum absolute atomic E-state index is 14.0. The van der Waals surface area contributed by atoms with E-state index in [1.54, 1.807) is 28.1 Å². The van der Waals surface area contributed by atoms with Gasteiger partial charge in [0.25, 0.3) is 0 Å². The Kier molecular flexibility index (Phi) is 6.21. The van der Waals surface area contributed by atoms with Gasteiger partial charge in [0.15, 0.2) is 0 Å². The predicted octanol–water partition coefficient (Wildman–Crippen LogP) is 2.63. The molecule has 5 amide bonds. The molecule has 1 unspecified atom stereocenters. The highest BCUT2D eigenvalue weighted by atomic mass is 19.1. The molecule has 0 radical (unpaired) electrons. The number of aromatic amines is 1. The number of piperidine rings is 1. The van der Waals surface area contributed by atoms with Gasteiger partial charge in [-0.15, -0.1) is 0 Å². The number of rotatable bonds is 5. The lowest BCUT2D eigenvalue weighted by Crippen LogP contribution is -2.55. The van der Waals surface area contributed by atoms with E-state index in [-0.39, 0.29) is 30.2 Å². The molecule has 1 fully saturated rings. The number of nitrogens with one attached hydrogen (secondary N) is 3. The average molecular weight is 494 g/mol. The summed E-state index contributed by atoms with van der Waals surface area (Å²) in [6, 6.07) is 6.96. The minimum Gasteiger partial charge on any atom is -0.368 e. The second kappa shape index (κ2) is 9.48. The summed E-state index contributed by atoms with van der Waals surface area (Å²) in [5, 5.41) is 13.3. The fourth-order valence-corrected chi connectivity index (χ4v) is 5.08. The number of urea groups is 2. The van der Waals surface area contributed by atoms with E-state index in [4.69, 9.17) is 5.73 Å². The van der Waals surface area contributed by atoms with Crippen molar-refractivity contribution in [3.63, 3.8) is 0 Å². The number of primary amides is 1. The van der Waals surface area contributed by atoms with Gasteiger partial charge in [-0.3, -0.25) is 9.89 Å². The Bertz CT molecular complexity index is 1330. The minimum absolute atomic E-state index is 0.0814. The number of carbonyl (C=O) groups is 3. The Morgan fingerprint density at radius 2 is 2.06 bits per heavy atom. The summed E-state index contributed by atoms with van der Waals surface area (Å²) in [5.74, 6) is -1.06. The molecule has 0 aliphatic carbocycles. The molecular formula is C25H28FN7O3. The van der Waals surface area contributed by atoms with Crippen molar-refractivity contribution in [3.8, 4) is 0 Å². The quantitative estimate of drug-likeness (QED) is 0.434. The fourth-order valence-electron chi connectivity index (χ4n) is 5.08. The van der Waals surface area contributed by atoms with Gasteiger partial charge in [0.05, 0.1) is 17.4 Å². The summed E-state index contributed by atoms with van der Waals surface area (Å²) in [4.78, 5) is 41.0. The maximum Gasteiger partial charge on any atom is 0.322 e. The number of aryl methyl sites for hydroxylation is 1. The van der Waals surface area contributed by atoms with Crippen LogP contribution in [0.15, 0.2) is 36.5 Å². The summed E-state index contributed by atoms with van der Waals surface area (Å²) < 4.78 is 14.0. The SMILES string of the molecule is Cc1cc(CC(NC(=O)N2CCC(N3Cc4cccc(F)c4NC3=O)CC2)C(N)=O)cc2cn[nH]c12. The van der Waals surface area contributed by atoms with Gasteiger partial charge in [-0.05, 0) is 48.6 Å². The molecule has 0 saturated carbocycles. The highest BCUT2D eigenvalue weighted by Gasteiger charge is 2.34. The molecule has 11 heteroatoms. The van der Waals surface area contributed by atoms with Gasteiger partial charge in [-0.1, -0.05) is 18.2 Å². The molecule has 1 atom stereocenters. The normalized spacial score (nSPS) is 17.0. The van der Waals surface area contributed by atoms with Crippen LogP contribution >= 0.6 is 0 Å². The van der Waals surface area contributed by atoms with E-state index in [0.717, 1.165) is 27.6 Å². The molecule has 3 heterocycles. The van der Waals surface area contributed by atoms with Crippen molar-refractivity contribution in [3.05, 3.63) is 59.0 Å². The lowest BCUT2D eigenvalue weighted by molar-refractivity contribution is -0.119. The number of fused-ring (bicyclic) bond motifs is 2. The van der Waals surface area contributed by atoms with Gasteiger partial charge in [-0.25, -0.2) is 14.0 Å². The molecule has 2 aliphatic heterocycles. The van der Waals surface area contributed by atoms with Crippen LogP contribution in [0.4, 0.5) is 19.7 Å². The molecule has 0 spiro atoms. The van der Waals surface area contributed by atoms with E-state index in [0.29, 0.717) is 32.5 Å². The minimum atomic E-state index is -0.863. The van der Waals surface area contributed by atoms with E-state index in [9.17, 15) is 18.8 Å². The molecule has 5 rings (SSSR count). The first kappa shape index (κ1) is 23.6. The summed E-state index contributed by atoms with van der Waals surface area (Å²) in [6.45, 7) is 3.10. The van der Waals surface area contributed by atoms with E-state index in [1.807, 2.05) is 19.1 Å². The van der Waals surface area contributed by atoms with Gasteiger partial charge >= 0.3 is 12.1 Å². The molecule has 1 saturated heterocycles. The number of benzene rings is 2. The number of para-hydroxylation sites is 1. The summed E-state index contributed by atoms with van der Waals surface area (Å²) in [7, 11) is 0. The Morgan fingerprint density at radius 1 is 1.28 bits per heavy atom. The largest absolute Gasteiger partial charge is 0.368 e. The first-order chi connectivity index (χ1) is 17.3. The van der Waals surface area contributed by atoms with Crippen molar-refractivity contribution in [2.45, 2.75) is 44.8 Å². The Labute approximate surface area is 207 Å². The zero-order valence-electron chi connectivity index (χ0n) is 19.9. The third-order valence-corrected chi connectivity index (χ3v) is 7.01. The number of carbonyl (C=O) groups excluding carboxylic acids is 3.